The molecular formula is C7H11N5O. The van der Waals surface area contributed by atoms with Crippen molar-refractivity contribution >= 4 is 5.78 Å². The van der Waals surface area contributed by atoms with Gasteiger partial charge in [0.1, 0.15) is 6.10 Å². The van der Waals surface area contributed by atoms with Gasteiger partial charge >= 0.3 is 0 Å². The van der Waals surface area contributed by atoms with Crippen molar-refractivity contribution in [2.24, 2.45) is 12.8 Å². The fourth-order valence-electron chi connectivity index (χ4n) is 1.24. The zero-order valence-corrected chi connectivity index (χ0v) is 7.25. The number of hydrogen-bond donors (Lipinski definition) is 2. The summed E-state index contributed by atoms with van der Waals surface area (Å²) in [6.45, 7) is 0.148. The zero-order valence-electron chi connectivity index (χ0n) is 7.25. The minimum absolute atomic E-state index is 0.148. The number of aryl methyl sites for hydroxylation is 1. The number of hydrogen-bond acceptors (Lipinski definition) is 4. The number of aliphatic hydroxyl groups excluding tert-OH is 1. The lowest BCUT2D eigenvalue weighted by Gasteiger charge is -2.02. The number of aliphatic hydroxyl groups is 1. The molecule has 0 aliphatic carbocycles. The number of imidazole rings is 1. The maximum Gasteiger partial charge on any atom is 0.235 e. The van der Waals surface area contributed by atoms with Crippen LogP contribution in [0.25, 0.3) is 5.78 Å². The van der Waals surface area contributed by atoms with Crippen molar-refractivity contribution in [3.05, 3.63) is 18.2 Å². The molecular weight excluding hydrogens is 170 g/mol. The highest BCUT2D eigenvalue weighted by atomic mass is 16.3. The number of nitrogens with zero attached hydrogens (tertiary/aromatic N) is 4. The van der Waals surface area contributed by atoms with Gasteiger partial charge in [-0.3, -0.25) is 4.40 Å². The van der Waals surface area contributed by atoms with Gasteiger partial charge < -0.3 is 15.4 Å². The Hall–Kier alpha value is -1.40. The first kappa shape index (κ1) is 8.21. The van der Waals surface area contributed by atoms with Gasteiger partial charge in [0.25, 0.3) is 0 Å². The number of nitrogens with two attached hydrogens (primary N) is 1. The fourth-order valence-corrected chi connectivity index (χ4v) is 1.24. The number of fused-ring (bicyclic) bond motifs is 1. The Morgan fingerprint density at radius 1 is 1.54 bits per heavy atom. The molecule has 2 aromatic heterocycles. The van der Waals surface area contributed by atoms with Gasteiger partial charge in [-0.1, -0.05) is 0 Å². The lowest BCUT2D eigenvalue weighted by molar-refractivity contribution is 0.175. The predicted octanol–water partition coefficient (Wildman–Crippen LogP) is -0.940. The van der Waals surface area contributed by atoms with E-state index in [0.717, 1.165) is 0 Å². The summed E-state index contributed by atoms with van der Waals surface area (Å²) < 4.78 is 3.54. The third kappa shape index (κ3) is 1.11. The van der Waals surface area contributed by atoms with E-state index in [9.17, 15) is 5.11 Å². The fraction of sp³-hybridized carbons (Fsp3) is 0.429. The molecule has 0 aliphatic heterocycles. The van der Waals surface area contributed by atoms with Crippen LogP contribution in [0.15, 0.2) is 12.4 Å². The van der Waals surface area contributed by atoms with Crippen LogP contribution >= 0.6 is 0 Å². The van der Waals surface area contributed by atoms with E-state index in [1.807, 2.05) is 17.8 Å². The lowest BCUT2D eigenvalue weighted by atomic mass is 10.3. The van der Waals surface area contributed by atoms with Crippen LogP contribution in [0.5, 0.6) is 0 Å². The van der Waals surface area contributed by atoms with E-state index >= 15 is 0 Å². The molecule has 0 saturated heterocycles. The molecule has 13 heavy (non-hydrogen) atoms. The second kappa shape index (κ2) is 2.82. The first-order valence-corrected chi connectivity index (χ1v) is 3.98. The van der Waals surface area contributed by atoms with Gasteiger partial charge in [0, 0.05) is 26.0 Å². The van der Waals surface area contributed by atoms with E-state index in [-0.39, 0.29) is 6.54 Å². The molecule has 2 aromatic rings. The van der Waals surface area contributed by atoms with E-state index in [1.54, 1.807) is 10.6 Å². The third-order valence-electron chi connectivity index (χ3n) is 1.98. The SMILES string of the molecule is Cn1ccn2c(C(O)CN)nnc12. The van der Waals surface area contributed by atoms with Gasteiger partial charge in [-0.15, -0.1) is 10.2 Å². The van der Waals surface area contributed by atoms with Gasteiger partial charge in [0.15, 0.2) is 5.82 Å². The summed E-state index contributed by atoms with van der Waals surface area (Å²) in [5.41, 5.74) is 5.32. The van der Waals surface area contributed by atoms with Crippen molar-refractivity contribution in [3.63, 3.8) is 0 Å². The van der Waals surface area contributed by atoms with Crippen molar-refractivity contribution in [1.29, 1.82) is 0 Å². The summed E-state index contributed by atoms with van der Waals surface area (Å²) in [5, 5.41) is 17.2. The molecule has 6 nitrogen and oxygen atoms in total. The van der Waals surface area contributed by atoms with Gasteiger partial charge in [0.05, 0.1) is 0 Å². The van der Waals surface area contributed by atoms with Crippen LogP contribution in [0.2, 0.25) is 0 Å². The summed E-state index contributed by atoms with van der Waals surface area (Å²) in [7, 11) is 1.86. The average Bonchev–Trinajstić information content (AvgIpc) is 2.68. The second-order valence-corrected chi connectivity index (χ2v) is 2.89. The van der Waals surface area contributed by atoms with E-state index in [4.69, 9.17) is 5.73 Å². The maximum atomic E-state index is 9.47. The highest BCUT2D eigenvalue weighted by Crippen LogP contribution is 2.10. The minimum atomic E-state index is -0.752. The Balaban J connectivity index is 2.58. The smallest absolute Gasteiger partial charge is 0.235 e. The van der Waals surface area contributed by atoms with E-state index in [0.29, 0.717) is 11.6 Å². The molecule has 1 atom stereocenters. The highest BCUT2D eigenvalue weighted by Gasteiger charge is 2.14. The van der Waals surface area contributed by atoms with E-state index < -0.39 is 6.10 Å². The van der Waals surface area contributed by atoms with Crippen LogP contribution in [-0.4, -0.2) is 30.8 Å². The third-order valence-corrected chi connectivity index (χ3v) is 1.98. The van der Waals surface area contributed by atoms with Gasteiger partial charge in [-0.25, -0.2) is 0 Å². The number of rotatable bonds is 2. The summed E-state index contributed by atoms with van der Waals surface area (Å²) in [6.07, 6.45) is 2.89. The molecule has 0 aliphatic rings. The molecule has 2 heterocycles. The Labute approximate surface area is 74.6 Å². The molecule has 0 saturated carbocycles. The lowest BCUT2D eigenvalue weighted by Crippen LogP contribution is -2.14. The normalized spacial score (nSPS) is 13.8. The van der Waals surface area contributed by atoms with Gasteiger partial charge in [-0.2, -0.15) is 0 Å². The molecule has 70 valence electrons. The van der Waals surface area contributed by atoms with Crippen molar-refractivity contribution in [1.82, 2.24) is 19.2 Å². The number of aromatic nitrogens is 4. The molecule has 0 amide bonds. The summed E-state index contributed by atoms with van der Waals surface area (Å²) >= 11 is 0. The molecule has 6 heteroatoms. The monoisotopic (exact) mass is 181 g/mol. The summed E-state index contributed by atoms with van der Waals surface area (Å²) in [6, 6.07) is 0. The van der Waals surface area contributed by atoms with Crippen LogP contribution in [0.4, 0.5) is 0 Å². The second-order valence-electron chi connectivity index (χ2n) is 2.89. The molecule has 0 spiro atoms. The van der Waals surface area contributed by atoms with Crippen molar-refractivity contribution in [2.45, 2.75) is 6.10 Å². The van der Waals surface area contributed by atoms with E-state index in [2.05, 4.69) is 10.2 Å². The Kier molecular flexibility index (Phi) is 1.78. The molecule has 2 rings (SSSR count). The van der Waals surface area contributed by atoms with Crippen LogP contribution < -0.4 is 5.73 Å². The van der Waals surface area contributed by atoms with Crippen molar-refractivity contribution < 1.29 is 5.11 Å². The van der Waals surface area contributed by atoms with Crippen molar-refractivity contribution in [3.8, 4) is 0 Å². The summed E-state index contributed by atoms with van der Waals surface area (Å²) in [5.74, 6) is 1.18. The van der Waals surface area contributed by atoms with Crippen LogP contribution in [-0.2, 0) is 7.05 Å². The first-order valence-electron chi connectivity index (χ1n) is 3.98. The molecule has 0 radical (unpaired) electrons. The highest BCUT2D eigenvalue weighted by molar-refractivity contribution is 5.30. The van der Waals surface area contributed by atoms with Gasteiger partial charge in [0.2, 0.25) is 5.78 Å². The standard InChI is InChI=1S/C7H11N5O/c1-11-2-3-12-6(5(13)4-8)9-10-7(11)12/h2-3,5,13H,4,8H2,1H3. The predicted molar refractivity (Wildman–Crippen MR) is 46.0 cm³/mol. The Morgan fingerprint density at radius 2 is 2.31 bits per heavy atom. The van der Waals surface area contributed by atoms with Gasteiger partial charge in [-0.05, 0) is 0 Å². The Morgan fingerprint density at radius 3 is 3.00 bits per heavy atom. The van der Waals surface area contributed by atoms with Crippen LogP contribution in [0, 0.1) is 0 Å². The topological polar surface area (TPSA) is 81.4 Å². The maximum absolute atomic E-state index is 9.47. The minimum Gasteiger partial charge on any atom is -0.384 e. The quantitative estimate of drug-likeness (QED) is 0.626. The van der Waals surface area contributed by atoms with Crippen LogP contribution in [0.3, 0.4) is 0 Å². The average molecular weight is 181 g/mol. The van der Waals surface area contributed by atoms with E-state index in [1.165, 1.54) is 0 Å². The first-order chi connectivity index (χ1) is 6.24. The molecule has 3 N–H and O–H groups in total. The summed E-state index contributed by atoms with van der Waals surface area (Å²) in [4.78, 5) is 0. The molecule has 0 fully saturated rings. The Bertz CT molecular complexity index is 417. The molecule has 1 unspecified atom stereocenters. The molecule has 0 aromatic carbocycles. The largest absolute Gasteiger partial charge is 0.384 e. The van der Waals surface area contributed by atoms with Crippen molar-refractivity contribution in [2.75, 3.05) is 6.54 Å². The zero-order chi connectivity index (χ0) is 9.42. The molecule has 0 bridgehead atoms. The van der Waals surface area contributed by atoms with Crippen LogP contribution in [0.1, 0.15) is 11.9 Å².